The molecule has 61 heavy (non-hydrogen) atoms. The Morgan fingerprint density at radius 3 is 2.08 bits per heavy atom. The number of allylic oxidation sites excluding steroid dienone is 4. The number of hydrogen-bond acceptors (Lipinski definition) is 3. The van der Waals surface area contributed by atoms with Crippen LogP contribution in [0.5, 0.6) is 0 Å². The molecule has 2 aliphatic rings. The average molecular weight is 785 g/mol. The zero-order valence-electron chi connectivity index (χ0n) is 34.3. The summed E-state index contributed by atoms with van der Waals surface area (Å²) < 4.78 is 6.19. The minimum absolute atomic E-state index is 0.128. The van der Waals surface area contributed by atoms with Crippen molar-refractivity contribution in [3.05, 3.63) is 230 Å². The summed E-state index contributed by atoms with van der Waals surface area (Å²) in [7, 11) is 0. The lowest BCUT2D eigenvalue weighted by molar-refractivity contribution is 0.660. The Bertz CT molecular complexity index is 3220. The summed E-state index contributed by atoms with van der Waals surface area (Å²) in [6, 6.07) is 66.0. The quantitative estimate of drug-likeness (QED) is 0.167. The number of para-hydroxylation sites is 2. The third-order valence-electron chi connectivity index (χ3n) is 12.6. The van der Waals surface area contributed by atoms with E-state index in [9.17, 15) is 0 Å². The average Bonchev–Trinajstić information content (AvgIpc) is 3.81. The summed E-state index contributed by atoms with van der Waals surface area (Å²) in [5, 5.41) is 2.25. The van der Waals surface area contributed by atoms with Gasteiger partial charge in [-0.15, -0.1) is 0 Å². The fraction of sp³-hybridized carbons (Fsp3) is 0.0690. The predicted octanol–water partition coefficient (Wildman–Crippen LogP) is 16.0. The SMILES string of the molecule is C=C1/C=C\C=C/CN(c2ccccc2)c2ccc(-c3ccc(N(c4cccc(-c5ccc6oc7ccccc7c6c5)c4)c4ccc5c(c4)C(C)(C)c4ccccc4-5)cc3)cc21. The Morgan fingerprint density at radius 2 is 1.20 bits per heavy atom. The van der Waals surface area contributed by atoms with E-state index < -0.39 is 0 Å². The van der Waals surface area contributed by atoms with Crippen LogP contribution in [0.4, 0.5) is 28.4 Å². The van der Waals surface area contributed by atoms with Crippen molar-refractivity contribution in [2.45, 2.75) is 19.3 Å². The maximum Gasteiger partial charge on any atom is 0.135 e. The van der Waals surface area contributed by atoms with Gasteiger partial charge in [-0.2, -0.15) is 0 Å². The molecule has 11 rings (SSSR count). The Morgan fingerprint density at radius 1 is 0.508 bits per heavy atom. The summed E-state index contributed by atoms with van der Waals surface area (Å²) in [5.41, 5.74) is 19.3. The highest BCUT2D eigenvalue weighted by atomic mass is 16.3. The molecule has 1 aliphatic carbocycles. The van der Waals surface area contributed by atoms with Crippen LogP contribution < -0.4 is 9.80 Å². The first kappa shape index (κ1) is 36.5. The van der Waals surface area contributed by atoms with Crippen molar-refractivity contribution in [3.8, 4) is 33.4 Å². The smallest absolute Gasteiger partial charge is 0.135 e. The second-order valence-electron chi connectivity index (χ2n) is 16.6. The molecule has 2 heterocycles. The number of benzene rings is 8. The molecule has 0 N–H and O–H groups in total. The van der Waals surface area contributed by atoms with Gasteiger partial charge in [-0.05, 0) is 129 Å². The minimum atomic E-state index is -0.128. The highest BCUT2D eigenvalue weighted by Crippen LogP contribution is 2.51. The molecule has 9 aromatic rings. The van der Waals surface area contributed by atoms with Gasteiger partial charge in [0.2, 0.25) is 0 Å². The number of anilines is 5. The third kappa shape index (κ3) is 6.29. The monoisotopic (exact) mass is 784 g/mol. The Labute approximate surface area is 357 Å². The van der Waals surface area contributed by atoms with E-state index in [-0.39, 0.29) is 5.41 Å². The van der Waals surface area contributed by atoms with Crippen molar-refractivity contribution in [1.82, 2.24) is 0 Å². The second-order valence-corrected chi connectivity index (χ2v) is 16.6. The van der Waals surface area contributed by atoms with Gasteiger partial charge in [-0.1, -0.05) is 148 Å². The van der Waals surface area contributed by atoms with Crippen LogP contribution in [0.1, 0.15) is 30.5 Å². The van der Waals surface area contributed by atoms with Crippen LogP contribution in [0.2, 0.25) is 0 Å². The van der Waals surface area contributed by atoms with Crippen molar-refractivity contribution in [2.75, 3.05) is 16.3 Å². The molecule has 0 bridgehead atoms. The lowest BCUT2D eigenvalue weighted by atomic mass is 9.82. The van der Waals surface area contributed by atoms with Gasteiger partial charge in [-0.3, -0.25) is 0 Å². The first-order valence-corrected chi connectivity index (χ1v) is 21.1. The maximum atomic E-state index is 6.19. The van der Waals surface area contributed by atoms with Crippen LogP contribution in [0.15, 0.2) is 217 Å². The molecule has 1 aliphatic heterocycles. The number of furan rings is 1. The van der Waals surface area contributed by atoms with Crippen LogP contribution in [0.3, 0.4) is 0 Å². The van der Waals surface area contributed by atoms with Gasteiger partial charge in [0.1, 0.15) is 11.2 Å². The van der Waals surface area contributed by atoms with Crippen molar-refractivity contribution in [2.24, 2.45) is 0 Å². The molecular formula is C58H44N2O. The molecule has 0 saturated heterocycles. The van der Waals surface area contributed by atoms with Gasteiger partial charge in [0.15, 0.2) is 0 Å². The summed E-state index contributed by atoms with van der Waals surface area (Å²) in [5.74, 6) is 0. The van der Waals surface area contributed by atoms with Crippen molar-refractivity contribution < 1.29 is 4.42 Å². The fourth-order valence-electron chi connectivity index (χ4n) is 9.48. The van der Waals surface area contributed by atoms with E-state index in [0.29, 0.717) is 0 Å². The Balaban J connectivity index is 1.01. The standard InChI is InChI=1S/C58H44N2O/c1-39-15-6-5-13-34-59(44-17-7-4-8-18-44)55-32-26-42(36-51(39)55)40-24-28-45(29-25-40)60(47-30-31-49-48-20-9-11-22-53(48)58(2,3)54(49)38-47)46-19-14-16-41(35-46)43-27-33-57-52(37-43)50-21-10-12-23-56(50)61-57/h4-33,35-38H,1,34H2,2-3H3/b13-5-,15-6-. The first-order valence-electron chi connectivity index (χ1n) is 21.1. The van der Waals surface area contributed by atoms with E-state index >= 15 is 0 Å². The van der Waals surface area contributed by atoms with E-state index in [2.05, 4.69) is 224 Å². The second kappa shape index (κ2) is 14.6. The van der Waals surface area contributed by atoms with Gasteiger partial charge >= 0.3 is 0 Å². The van der Waals surface area contributed by atoms with Gasteiger partial charge in [0.05, 0.1) is 0 Å². The van der Waals surface area contributed by atoms with Gasteiger partial charge in [0.25, 0.3) is 0 Å². The van der Waals surface area contributed by atoms with Crippen LogP contribution in [0.25, 0.3) is 60.9 Å². The summed E-state index contributed by atoms with van der Waals surface area (Å²) in [4.78, 5) is 4.76. The molecular weight excluding hydrogens is 741 g/mol. The molecule has 1 aromatic heterocycles. The van der Waals surface area contributed by atoms with Gasteiger partial charge in [0, 0.05) is 56.7 Å². The zero-order valence-corrected chi connectivity index (χ0v) is 34.3. The fourth-order valence-corrected chi connectivity index (χ4v) is 9.48. The van der Waals surface area contributed by atoms with Crippen molar-refractivity contribution >= 4 is 55.9 Å². The number of rotatable bonds is 6. The largest absolute Gasteiger partial charge is 0.456 e. The van der Waals surface area contributed by atoms with Crippen molar-refractivity contribution in [1.29, 1.82) is 0 Å². The number of fused-ring (bicyclic) bond motifs is 7. The molecule has 0 spiro atoms. The molecule has 3 nitrogen and oxygen atoms in total. The molecule has 0 atom stereocenters. The molecule has 0 saturated carbocycles. The molecule has 292 valence electrons. The molecule has 0 amide bonds. The Hall–Kier alpha value is -7.62. The molecule has 0 fully saturated rings. The summed E-state index contributed by atoms with van der Waals surface area (Å²) in [6.07, 6.45) is 8.49. The number of nitrogens with zero attached hydrogens (tertiary/aromatic N) is 2. The van der Waals surface area contributed by atoms with Crippen LogP contribution in [-0.4, -0.2) is 6.54 Å². The lowest BCUT2D eigenvalue weighted by Crippen LogP contribution is -2.18. The molecule has 8 aromatic carbocycles. The summed E-state index contributed by atoms with van der Waals surface area (Å²) >= 11 is 0. The maximum absolute atomic E-state index is 6.19. The Kier molecular flexibility index (Phi) is 8.72. The zero-order chi connectivity index (χ0) is 41.1. The lowest BCUT2D eigenvalue weighted by Gasteiger charge is -2.29. The van der Waals surface area contributed by atoms with Crippen LogP contribution in [-0.2, 0) is 5.41 Å². The third-order valence-corrected chi connectivity index (χ3v) is 12.6. The van der Waals surface area contributed by atoms with E-state index in [0.717, 1.165) is 90.3 Å². The molecule has 0 unspecified atom stereocenters. The van der Waals surface area contributed by atoms with Gasteiger partial charge in [-0.25, -0.2) is 0 Å². The van der Waals surface area contributed by atoms with Crippen molar-refractivity contribution in [3.63, 3.8) is 0 Å². The molecule has 0 radical (unpaired) electrons. The topological polar surface area (TPSA) is 19.6 Å². The van der Waals surface area contributed by atoms with E-state index in [1.54, 1.807) is 0 Å². The highest BCUT2D eigenvalue weighted by molar-refractivity contribution is 6.06. The predicted molar refractivity (Wildman–Crippen MR) is 258 cm³/mol. The normalized spacial score (nSPS) is 15.0. The van der Waals surface area contributed by atoms with E-state index in [1.165, 1.54) is 22.3 Å². The van der Waals surface area contributed by atoms with Gasteiger partial charge < -0.3 is 14.2 Å². The highest BCUT2D eigenvalue weighted by Gasteiger charge is 2.35. The van der Waals surface area contributed by atoms with E-state index in [4.69, 9.17) is 4.42 Å². The number of hydrogen-bond donors (Lipinski definition) is 0. The first-order chi connectivity index (χ1) is 29.9. The minimum Gasteiger partial charge on any atom is -0.456 e. The molecule has 3 heteroatoms. The summed E-state index contributed by atoms with van der Waals surface area (Å²) in [6.45, 7) is 9.97. The van der Waals surface area contributed by atoms with Crippen LogP contribution >= 0.6 is 0 Å². The van der Waals surface area contributed by atoms with E-state index in [1.807, 2.05) is 12.1 Å². The van der Waals surface area contributed by atoms with Crippen LogP contribution in [0, 0.1) is 0 Å².